The van der Waals surface area contributed by atoms with E-state index in [0.29, 0.717) is 0 Å². The number of hydrogen-bond acceptors (Lipinski definition) is 3. The van der Waals surface area contributed by atoms with Crippen molar-refractivity contribution in [2.45, 2.75) is 39.4 Å². The zero-order chi connectivity index (χ0) is 17.1. The summed E-state index contributed by atoms with van der Waals surface area (Å²) in [6.07, 6.45) is -0.107. The Hall–Kier alpha value is -2.55. The molecular formula is C21H22O3. The van der Waals surface area contributed by atoms with Crippen LogP contribution in [0.1, 0.15) is 27.2 Å². The van der Waals surface area contributed by atoms with Gasteiger partial charge in [0.25, 0.3) is 0 Å². The van der Waals surface area contributed by atoms with Crippen molar-refractivity contribution in [1.82, 2.24) is 0 Å². The second kappa shape index (κ2) is 6.91. The molecule has 0 N–H and O–H groups in total. The molecule has 3 aromatic carbocycles. The van der Waals surface area contributed by atoms with E-state index in [1.807, 2.05) is 45.0 Å². The topological polar surface area (TPSA) is 35.5 Å². The van der Waals surface area contributed by atoms with Crippen LogP contribution in [0.4, 0.5) is 0 Å². The Balaban J connectivity index is 1.86. The van der Waals surface area contributed by atoms with Gasteiger partial charge in [-0.2, -0.15) is 0 Å². The van der Waals surface area contributed by atoms with Crippen LogP contribution in [0.15, 0.2) is 54.6 Å². The molecule has 0 aromatic heterocycles. The number of fused-ring (bicyclic) bond motifs is 2. The molecule has 0 aliphatic rings. The van der Waals surface area contributed by atoms with E-state index in [-0.39, 0.29) is 24.6 Å². The molecule has 1 atom stereocenters. The van der Waals surface area contributed by atoms with Crippen molar-refractivity contribution in [3.8, 4) is 5.75 Å². The van der Waals surface area contributed by atoms with Gasteiger partial charge in [0.05, 0.1) is 12.5 Å². The summed E-state index contributed by atoms with van der Waals surface area (Å²) in [5, 5.41) is 4.56. The van der Waals surface area contributed by atoms with Gasteiger partial charge in [-0.3, -0.25) is 4.79 Å². The number of carbonyl (C=O) groups excluding carboxylic acids is 1. The molecule has 0 amide bonds. The summed E-state index contributed by atoms with van der Waals surface area (Å²) in [7, 11) is 0. The number of esters is 1. The highest BCUT2D eigenvalue weighted by molar-refractivity contribution is 6.00. The highest BCUT2D eigenvalue weighted by atomic mass is 16.5. The molecule has 0 saturated carbocycles. The standard InChI is InChI=1S/C21H22O3/c1-14(2)23-21(22)11-15(3)24-20-10-6-9-18-12-16-7-4-5-8-17(16)13-19(18)20/h4-10,12-15H,11H2,1-3H3. The minimum Gasteiger partial charge on any atom is -0.489 e. The van der Waals surface area contributed by atoms with Crippen molar-refractivity contribution in [2.24, 2.45) is 0 Å². The quantitative estimate of drug-likeness (QED) is 0.484. The molecule has 0 radical (unpaired) electrons. The first-order valence-corrected chi connectivity index (χ1v) is 8.30. The summed E-state index contributed by atoms with van der Waals surface area (Å²) in [4.78, 5) is 11.8. The molecule has 0 bridgehead atoms. The van der Waals surface area contributed by atoms with Crippen molar-refractivity contribution < 1.29 is 14.3 Å². The predicted octanol–water partition coefficient (Wildman–Crippen LogP) is 5.10. The van der Waals surface area contributed by atoms with Crippen molar-refractivity contribution in [3.63, 3.8) is 0 Å². The zero-order valence-electron chi connectivity index (χ0n) is 14.3. The lowest BCUT2D eigenvalue weighted by atomic mass is 10.0. The number of rotatable bonds is 5. The van der Waals surface area contributed by atoms with Crippen LogP contribution in [0.25, 0.3) is 21.5 Å². The molecule has 3 rings (SSSR count). The molecule has 3 nitrogen and oxygen atoms in total. The van der Waals surface area contributed by atoms with Gasteiger partial charge in [-0.1, -0.05) is 36.4 Å². The van der Waals surface area contributed by atoms with Crippen LogP contribution >= 0.6 is 0 Å². The molecule has 0 aliphatic heterocycles. The lowest BCUT2D eigenvalue weighted by molar-refractivity contribution is -0.149. The number of hydrogen-bond donors (Lipinski definition) is 0. The van der Waals surface area contributed by atoms with E-state index < -0.39 is 0 Å². The Bertz CT molecular complexity index is 867. The minimum absolute atomic E-state index is 0.103. The summed E-state index contributed by atoms with van der Waals surface area (Å²) in [5.41, 5.74) is 0. The third-order valence-corrected chi connectivity index (χ3v) is 3.86. The van der Waals surface area contributed by atoms with Gasteiger partial charge in [-0.15, -0.1) is 0 Å². The fourth-order valence-electron chi connectivity index (χ4n) is 2.85. The van der Waals surface area contributed by atoms with E-state index in [9.17, 15) is 4.79 Å². The second-order valence-corrected chi connectivity index (χ2v) is 6.35. The maximum absolute atomic E-state index is 11.8. The molecule has 24 heavy (non-hydrogen) atoms. The van der Waals surface area contributed by atoms with Crippen molar-refractivity contribution in [3.05, 3.63) is 54.6 Å². The Kier molecular flexibility index (Phi) is 4.70. The smallest absolute Gasteiger partial charge is 0.309 e. The molecule has 0 saturated heterocycles. The fourth-order valence-corrected chi connectivity index (χ4v) is 2.85. The van der Waals surface area contributed by atoms with Crippen LogP contribution < -0.4 is 4.74 Å². The molecule has 3 heteroatoms. The third kappa shape index (κ3) is 3.67. The Morgan fingerprint density at radius 1 is 0.917 bits per heavy atom. The maximum atomic E-state index is 11.8. The van der Waals surface area contributed by atoms with E-state index in [1.54, 1.807) is 0 Å². The summed E-state index contributed by atoms with van der Waals surface area (Å²) in [5.74, 6) is 0.561. The highest BCUT2D eigenvalue weighted by Gasteiger charge is 2.14. The van der Waals surface area contributed by atoms with Crippen LogP contribution in [-0.2, 0) is 9.53 Å². The predicted molar refractivity (Wildman–Crippen MR) is 97.4 cm³/mol. The molecule has 0 spiro atoms. The van der Waals surface area contributed by atoms with Crippen LogP contribution in [0.3, 0.4) is 0 Å². The van der Waals surface area contributed by atoms with Gasteiger partial charge >= 0.3 is 5.97 Å². The largest absolute Gasteiger partial charge is 0.489 e. The summed E-state index contributed by atoms with van der Waals surface area (Å²) >= 11 is 0. The first kappa shape index (κ1) is 16.3. The molecule has 0 aliphatic carbocycles. The fraction of sp³-hybridized carbons (Fsp3) is 0.286. The number of ether oxygens (including phenoxy) is 2. The van der Waals surface area contributed by atoms with E-state index in [2.05, 4.69) is 30.3 Å². The van der Waals surface area contributed by atoms with Gasteiger partial charge in [-0.25, -0.2) is 0 Å². The Labute approximate surface area is 142 Å². The van der Waals surface area contributed by atoms with Gasteiger partial charge in [0.1, 0.15) is 11.9 Å². The normalized spacial score (nSPS) is 12.5. The molecule has 0 heterocycles. The zero-order valence-corrected chi connectivity index (χ0v) is 14.3. The van der Waals surface area contributed by atoms with Gasteiger partial charge in [0.15, 0.2) is 0 Å². The number of carbonyl (C=O) groups is 1. The number of benzene rings is 3. The molecular weight excluding hydrogens is 300 g/mol. The van der Waals surface area contributed by atoms with Crippen LogP contribution in [0, 0.1) is 0 Å². The average Bonchev–Trinajstić information content (AvgIpc) is 2.52. The molecule has 3 aromatic rings. The molecule has 1 unspecified atom stereocenters. The SMILES string of the molecule is CC(C)OC(=O)CC(C)Oc1cccc2cc3ccccc3cc12. The molecule has 124 valence electrons. The van der Waals surface area contributed by atoms with Gasteiger partial charge in [0, 0.05) is 5.39 Å². The minimum atomic E-state index is -0.242. The van der Waals surface area contributed by atoms with Crippen LogP contribution in [-0.4, -0.2) is 18.2 Å². The van der Waals surface area contributed by atoms with E-state index >= 15 is 0 Å². The first-order chi connectivity index (χ1) is 11.5. The highest BCUT2D eigenvalue weighted by Crippen LogP contribution is 2.30. The van der Waals surface area contributed by atoms with Crippen LogP contribution in [0.5, 0.6) is 5.75 Å². The lowest BCUT2D eigenvalue weighted by Crippen LogP contribution is -2.21. The summed E-state index contributed by atoms with van der Waals surface area (Å²) < 4.78 is 11.2. The monoisotopic (exact) mass is 322 g/mol. The Morgan fingerprint density at radius 2 is 1.58 bits per heavy atom. The van der Waals surface area contributed by atoms with E-state index in [4.69, 9.17) is 9.47 Å². The van der Waals surface area contributed by atoms with Gasteiger partial charge in [-0.05, 0) is 55.1 Å². The summed E-state index contributed by atoms with van der Waals surface area (Å²) in [6, 6.07) is 18.6. The van der Waals surface area contributed by atoms with E-state index in [1.165, 1.54) is 10.8 Å². The van der Waals surface area contributed by atoms with Gasteiger partial charge in [0.2, 0.25) is 0 Å². The third-order valence-electron chi connectivity index (χ3n) is 3.86. The van der Waals surface area contributed by atoms with Crippen molar-refractivity contribution >= 4 is 27.5 Å². The van der Waals surface area contributed by atoms with Crippen molar-refractivity contribution in [1.29, 1.82) is 0 Å². The maximum Gasteiger partial charge on any atom is 0.309 e. The molecule has 0 fully saturated rings. The van der Waals surface area contributed by atoms with E-state index in [0.717, 1.165) is 16.5 Å². The lowest BCUT2D eigenvalue weighted by Gasteiger charge is -2.17. The van der Waals surface area contributed by atoms with Gasteiger partial charge < -0.3 is 9.47 Å². The second-order valence-electron chi connectivity index (χ2n) is 6.35. The average molecular weight is 322 g/mol. The summed E-state index contributed by atoms with van der Waals surface area (Å²) in [6.45, 7) is 5.58. The van der Waals surface area contributed by atoms with Crippen LogP contribution in [0.2, 0.25) is 0 Å². The first-order valence-electron chi connectivity index (χ1n) is 8.30. The Morgan fingerprint density at radius 3 is 2.29 bits per heavy atom. The van der Waals surface area contributed by atoms with Crippen molar-refractivity contribution in [2.75, 3.05) is 0 Å².